The van der Waals surface area contributed by atoms with E-state index in [1.165, 1.54) is 23.8 Å². The predicted octanol–water partition coefficient (Wildman–Crippen LogP) is 2.97. The summed E-state index contributed by atoms with van der Waals surface area (Å²) < 4.78 is 0. The van der Waals surface area contributed by atoms with E-state index in [0.717, 1.165) is 24.1 Å². The molecule has 0 radical (unpaired) electrons. The molecule has 1 aromatic carbocycles. The topological polar surface area (TPSA) is 38.9 Å². The van der Waals surface area contributed by atoms with Gasteiger partial charge in [0.05, 0.1) is 5.52 Å². The summed E-state index contributed by atoms with van der Waals surface area (Å²) in [5, 5.41) is 1.28. The number of aryl methyl sites for hydroxylation is 2. The van der Waals surface area contributed by atoms with Gasteiger partial charge in [-0.3, -0.25) is 4.98 Å². The molecule has 0 aliphatic heterocycles. The van der Waals surface area contributed by atoms with Crippen molar-refractivity contribution in [3.05, 3.63) is 41.6 Å². The number of hydrogen-bond donors (Lipinski definition) is 1. The molecule has 1 aromatic heterocycles. The summed E-state index contributed by atoms with van der Waals surface area (Å²) in [6.45, 7) is 2.06. The molecule has 2 N–H and O–H groups in total. The molecule has 0 saturated heterocycles. The highest BCUT2D eigenvalue weighted by Crippen LogP contribution is 2.37. The molecule has 2 aromatic rings. The number of aromatic nitrogens is 1. The van der Waals surface area contributed by atoms with E-state index >= 15 is 0 Å². The van der Waals surface area contributed by atoms with Crippen LogP contribution in [0, 0.1) is 6.92 Å². The first-order valence-corrected chi connectivity index (χ1v) is 6.30. The molecule has 1 aliphatic rings. The van der Waals surface area contributed by atoms with Crippen LogP contribution in [-0.2, 0) is 6.42 Å². The molecule has 1 fully saturated rings. The molecule has 3 rings (SSSR count). The van der Waals surface area contributed by atoms with Gasteiger partial charge < -0.3 is 5.73 Å². The number of nitrogens with zero attached hydrogens (tertiary/aromatic N) is 1. The van der Waals surface area contributed by atoms with Gasteiger partial charge in [0.1, 0.15) is 0 Å². The molecular formula is C15H18N2. The van der Waals surface area contributed by atoms with Gasteiger partial charge >= 0.3 is 0 Å². The van der Waals surface area contributed by atoms with Gasteiger partial charge in [-0.2, -0.15) is 0 Å². The van der Waals surface area contributed by atoms with Crippen LogP contribution in [0.25, 0.3) is 10.9 Å². The van der Waals surface area contributed by atoms with Crippen molar-refractivity contribution in [1.29, 1.82) is 0 Å². The minimum Gasteiger partial charge on any atom is -0.325 e. The highest BCUT2D eigenvalue weighted by molar-refractivity contribution is 5.82. The molecule has 2 heteroatoms. The summed E-state index contributed by atoms with van der Waals surface area (Å²) in [6, 6.07) is 10.6. The van der Waals surface area contributed by atoms with Gasteiger partial charge in [0, 0.05) is 16.6 Å². The largest absolute Gasteiger partial charge is 0.325 e. The third-order valence-corrected chi connectivity index (χ3v) is 3.71. The lowest BCUT2D eigenvalue weighted by Gasteiger charge is -2.11. The maximum Gasteiger partial charge on any atom is 0.0707 e. The number of hydrogen-bond acceptors (Lipinski definition) is 2. The molecule has 88 valence electrons. The molecule has 0 atom stereocenters. The molecule has 0 bridgehead atoms. The van der Waals surface area contributed by atoms with Gasteiger partial charge in [-0.25, -0.2) is 0 Å². The molecule has 1 heterocycles. The minimum absolute atomic E-state index is 0.137. The number of fused-ring (bicyclic) bond motifs is 1. The van der Waals surface area contributed by atoms with E-state index in [1.54, 1.807) is 0 Å². The first-order valence-electron chi connectivity index (χ1n) is 6.30. The third-order valence-electron chi connectivity index (χ3n) is 3.71. The van der Waals surface area contributed by atoms with Gasteiger partial charge in [0.25, 0.3) is 0 Å². The Morgan fingerprint density at radius 1 is 1.29 bits per heavy atom. The standard InChI is InChI=1S/C15H18N2/c1-11-10-12(6-7-15(16)8-9-15)13-4-2-3-5-14(13)17-11/h2-5,10H,6-9,16H2,1H3. The van der Waals surface area contributed by atoms with Crippen molar-refractivity contribution in [1.82, 2.24) is 4.98 Å². The SMILES string of the molecule is Cc1cc(CCC2(N)CC2)c2ccccc2n1. The first-order chi connectivity index (χ1) is 8.16. The van der Waals surface area contributed by atoms with Crippen LogP contribution in [0.5, 0.6) is 0 Å². The quantitative estimate of drug-likeness (QED) is 0.874. The number of rotatable bonds is 3. The summed E-state index contributed by atoms with van der Waals surface area (Å²) in [4.78, 5) is 4.57. The van der Waals surface area contributed by atoms with Crippen LogP contribution in [-0.4, -0.2) is 10.5 Å². The summed E-state index contributed by atoms with van der Waals surface area (Å²) in [6.07, 6.45) is 4.55. The average molecular weight is 226 g/mol. The van der Waals surface area contributed by atoms with Gasteiger partial charge in [-0.1, -0.05) is 18.2 Å². The molecular weight excluding hydrogens is 208 g/mol. The van der Waals surface area contributed by atoms with Crippen molar-refractivity contribution >= 4 is 10.9 Å². The zero-order valence-electron chi connectivity index (χ0n) is 10.2. The van der Waals surface area contributed by atoms with Crippen molar-refractivity contribution in [3.63, 3.8) is 0 Å². The third kappa shape index (κ3) is 2.18. The Bertz CT molecular complexity index is 556. The summed E-state index contributed by atoms with van der Waals surface area (Å²) in [5.41, 5.74) is 9.89. The number of benzene rings is 1. The second-order valence-corrected chi connectivity index (χ2v) is 5.30. The average Bonchev–Trinajstić information content (AvgIpc) is 3.05. The van der Waals surface area contributed by atoms with Crippen LogP contribution in [0.15, 0.2) is 30.3 Å². The summed E-state index contributed by atoms with van der Waals surface area (Å²) >= 11 is 0. The summed E-state index contributed by atoms with van der Waals surface area (Å²) in [5.74, 6) is 0. The molecule has 0 spiro atoms. The molecule has 0 unspecified atom stereocenters. The fourth-order valence-electron chi connectivity index (χ4n) is 2.40. The number of para-hydroxylation sites is 1. The molecule has 1 saturated carbocycles. The van der Waals surface area contributed by atoms with Crippen LogP contribution in [0.4, 0.5) is 0 Å². The van der Waals surface area contributed by atoms with Gasteiger partial charge in [-0.15, -0.1) is 0 Å². The second-order valence-electron chi connectivity index (χ2n) is 5.30. The highest BCUT2D eigenvalue weighted by atomic mass is 14.8. The highest BCUT2D eigenvalue weighted by Gasteiger charge is 2.37. The first kappa shape index (κ1) is 10.7. The Kier molecular flexibility index (Phi) is 2.40. The lowest BCUT2D eigenvalue weighted by atomic mass is 10.00. The van der Waals surface area contributed by atoms with Crippen molar-refractivity contribution in [3.8, 4) is 0 Å². The van der Waals surface area contributed by atoms with Crippen molar-refractivity contribution in [2.45, 2.75) is 38.1 Å². The molecule has 0 amide bonds. The smallest absolute Gasteiger partial charge is 0.0707 e. The van der Waals surface area contributed by atoms with Gasteiger partial charge in [0.15, 0.2) is 0 Å². The fraction of sp³-hybridized carbons (Fsp3) is 0.400. The van der Waals surface area contributed by atoms with Crippen LogP contribution < -0.4 is 5.73 Å². The zero-order chi connectivity index (χ0) is 11.9. The molecule has 2 nitrogen and oxygen atoms in total. The molecule has 1 aliphatic carbocycles. The Hall–Kier alpha value is -1.41. The van der Waals surface area contributed by atoms with E-state index in [2.05, 4.69) is 36.2 Å². The van der Waals surface area contributed by atoms with Gasteiger partial charge in [0.2, 0.25) is 0 Å². The second kappa shape index (κ2) is 3.81. The van der Waals surface area contributed by atoms with Crippen LogP contribution in [0.1, 0.15) is 30.5 Å². The van der Waals surface area contributed by atoms with E-state index in [9.17, 15) is 0 Å². The Labute approximate surface area is 102 Å². The van der Waals surface area contributed by atoms with Crippen molar-refractivity contribution < 1.29 is 0 Å². The summed E-state index contributed by atoms with van der Waals surface area (Å²) in [7, 11) is 0. The van der Waals surface area contributed by atoms with Crippen molar-refractivity contribution in [2.24, 2.45) is 5.73 Å². The zero-order valence-corrected chi connectivity index (χ0v) is 10.2. The lowest BCUT2D eigenvalue weighted by Crippen LogP contribution is -2.22. The normalized spacial score (nSPS) is 17.3. The maximum atomic E-state index is 6.16. The van der Waals surface area contributed by atoms with E-state index in [1.807, 2.05) is 6.07 Å². The fourth-order valence-corrected chi connectivity index (χ4v) is 2.40. The van der Waals surface area contributed by atoms with Crippen LogP contribution >= 0.6 is 0 Å². The Morgan fingerprint density at radius 2 is 2.06 bits per heavy atom. The number of pyridine rings is 1. The Balaban J connectivity index is 1.96. The maximum absolute atomic E-state index is 6.16. The van der Waals surface area contributed by atoms with E-state index < -0.39 is 0 Å². The van der Waals surface area contributed by atoms with E-state index in [4.69, 9.17) is 5.73 Å². The predicted molar refractivity (Wildman–Crippen MR) is 71.0 cm³/mol. The van der Waals surface area contributed by atoms with Crippen LogP contribution in [0.2, 0.25) is 0 Å². The van der Waals surface area contributed by atoms with Gasteiger partial charge in [-0.05, 0) is 50.3 Å². The van der Waals surface area contributed by atoms with E-state index in [0.29, 0.717) is 0 Å². The lowest BCUT2D eigenvalue weighted by molar-refractivity contribution is 0.610. The minimum atomic E-state index is 0.137. The Morgan fingerprint density at radius 3 is 2.82 bits per heavy atom. The van der Waals surface area contributed by atoms with Crippen molar-refractivity contribution in [2.75, 3.05) is 0 Å². The van der Waals surface area contributed by atoms with Crippen LogP contribution in [0.3, 0.4) is 0 Å². The molecule has 17 heavy (non-hydrogen) atoms. The monoisotopic (exact) mass is 226 g/mol. The van der Waals surface area contributed by atoms with E-state index in [-0.39, 0.29) is 5.54 Å². The number of nitrogens with two attached hydrogens (primary N) is 1.